The predicted octanol–water partition coefficient (Wildman–Crippen LogP) is 6.86. The monoisotopic (exact) mass is 1060 g/mol. The molecule has 2 aromatic carbocycles. The first-order chi connectivity index (χ1) is 35.4. The number of hydrogen-bond donors (Lipinski definition) is 0. The number of nitrogens with zero attached hydrogens (tertiary/aromatic N) is 10. The van der Waals surface area contributed by atoms with Crippen molar-refractivity contribution in [3.63, 3.8) is 0 Å². The summed E-state index contributed by atoms with van der Waals surface area (Å²) in [5.74, 6) is 3.70. The molecular weight excluding hydrogens is 997 g/mol. The molecule has 6 aromatic rings. The summed E-state index contributed by atoms with van der Waals surface area (Å²) >= 11 is 0. The normalized spacial score (nSPS) is 19.4. The van der Waals surface area contributed by atoms with Gasteiger partial charge in [-0.2, -0.15) is 0 Å². The van der Waals surface area contributed by atoms with Crippen molar-refractivity contribution in [1.29, 1.82) is 0 Å². The Kier molecular flexibility index (Phi) is 17.8. The fraction of sp³-hybridized carbons (Fsp3) is 0.520. The molecule has 400 valence electrons. The van der Waals surface area contributed by atoms with E-state index in [0.29, 0.717) is 69.2 Å². The third-order valence-corrected chi connectivity index (χ3v) is 18.0. The van der Waals surface area contributed by atoms with Gasteiger partial charge in [0.05, 0.1) is 90.2 Å². The van der Waals surface area contributed by atoms with E-state index >= 15 is 0 Å². The molecule has 24 heteroatoms. The van der Waals surface area contributed by atoms with Gasteiger partial charge in [0.2, 0.25) is 0 Å². The Bertz CT molecular complexity index is 2820. The summed E-state index contributed by atoms with van der Waals surface area (Å²) in [5, 5.41) is 15.9. The van der Waals surface area contributed by atoms with Crippen LogP contribution in [0.5, 0.6) is 34.5 Å². The third-order valence-electron chi connectivity index (χ3n) is 13.6. The lowest BCUT2D eigenvalue weighted by Gasteiger charge is -2.21. The Labute approximate surface area is 432 Å². The zero-order valence-electron chi connectivity index (χ0n) is 43.8. The number of rotatable bonds is 20. The number of benzene rings is 2. The summed E-state index contributed by atoms with van der Waals surface area (Å²) in [4.78, 5) is 17.1. The molecule has 4 aromatic heterocycles. The number of hydrogen-bond acceptors (Lipinski definition) is 20. The van der Waals surface area contributed by atoms with Crippen molar-refractivity contribution in [2.24, 2.45) is 0 Å². The smallest absolute Gasteiger partial charge is 0.167 e. The summed E-state index contributed by atoms with van der Waals surface area (Å²) in [6.45, 7) is 10.9. The average Bonchev–Trinajstić information content (AvgIpc) is 4.24. The Morgan fingerprint density at radius 1 is 0.514 bits per heavy atom. The topological polar surface area (TPSA) is 255 Å². The van der Waals surface area contributed by atoms with Crippen LogP contribution in [0.25, 0.3) is 11.4 Å². The van der Waals surface area contributed by atoms with E-state index in [1.807, 2.05) is 13.8 Å². The van der Waals surface area contributed by atoms with Crippen molar-refractivity contribution >= 4 is 19.7 Å². The van der Waals surface area contributed by atoms with Crippen LogP contribution in [-0.2, 0) is 40.7 Å². The van der Waals surface area contributed by atoms with Gasteiger partial charge in [-0.15, -0.1) is 20.4 Å². The highest BCUT2D eigenvalue weighted by Gasteiger charge is 2.38. The van der Waals surface area contributed by atoms with Crippen LogP contribution in [0.4, 0.5) is 0 Å². The van der Waals surface area contributed by atoms with Gasteiger partial charge in [-0.25, -0.2) is 36.8 Å². The largest absolute Gasteiger partial charge is 0.494 e. The van der Waals surface area contributed by atoms with E-state index in [2.05, 4.69) is 40.3 Å². The summed E-state index contributed by atoms with van der Waals surface area (Å²) in [5.41, 5.74) is 1.06. The van der Waals surface area contributed by atoms with E-state index in [4.69, 9.17) is 37.9 Å². The number of aromatic nitrogens is 10. The van der Waals surface area contributed by atoms with Crippen molar-refractivity contribution in [2.75, 3.05) is 42.7 Å². The van der Waals surface area contributed by atoms with Crippen molar-refractivity contribution in [1.82, 2.24) is 49.5 Å². The third kappa shape index (κ3) is 11.9. The Morgan fingerprint density at radius 2 is 0.838 bits per heavy atom. The first kappa shape index (κ1) is 55.3. The van der Waals surface area contributed by atoms with Gasteiger partial charge < -0.3 is 37.9 Å². The highest BCUT2D eigenvalue weighted by Crippen LogP contribution is 2.41. The van der Waals surface area contributed by atoms with Crippen LogP contribution in [-0.4, -0.2) is 132 Å². The molecule has 2 saturated heterocycles. The fourth-order valence-corrected chi connectivity index (χ4v) is 11.9. The molecule has 0 bridgehead atoms. The fourth-order valence-electron chi connectivity index (χ4n) is 8.84. The van der Waals surface area contributed by atoms with Gasteiger partial charge in [-0.3, -0.25) is 9.13 Å². The summed E-state index contributed by atoms with van der Waals surface area (Å²) < 4.78 is 103. The van der Waals surface area contributed by atoms with Crippen molar-refractivity contribution in [3.8, 4) is 45.9 Å². The predicted molar refractivity (Wildman–Crippen MR) is 272 cm³/mol. The standard InChI is InChI=1S/2C25H33N5O6S/c2*1-15-10-11-21(36-15)25-29-28-22(30(25)23-19(34-5)8-7-9-20(23)35-6)14-37(31,32)17(3)16(2)24-26-12-18(33-4)13-27-24/h2*7-9,12-13,15-17,21H,10-11,14H2,1-6H3/t15-,16+,17+,21?;15-,16-,17-,21-/m10/s1. The minimum absolute atomic E-state index is 0.0623. The van der Waals surface area contributed by atoms with Crippen LogP contribution >= 0.6 is 0 Å². The van der Waals surface area contributed by atoms with E-state index in [0.717, 1.165) is 25.7 Å². The quantitative estimate of drug-likeness (QED) is 0.0756. The molecule has 74 heavy (non-hydrogen) atoms. The number of methoxy groups -OCH3 is 6. The second-order valence-electron chi connectivity index (χ2n) is 18.2. The molecule has 0 spiro atoms. The molecule has 0 aliphatic carbocycles. The zero-order chi connectivity index (χ0) is 53.5. The van der Waals surface area contributed by atoms with E-state index in [-0.39, 0.29) is 47.6 Å². The second-order valence-corrected chi connectivity index (χ2v) is 22.9. The zero-order valence-corrected chi connectivity index (χ0v) is 45.5. The van der Waals surface area contributed by atoms with Crippen LogP contribution in [0.1, 0.15) is 126 Å². The number of para-hydroxylation sites is 2. The highest BCUT2D eigenvalue weighted by atomic mass is 32.2. The van der Waals surface area contributed by atoms with Crippen LogP contribution < -0.4 is 28.4 Å². The van der Waals surface area contributed by atoms with Crippen LogP contribution in [0.3, 0.4) is 0 Å². The van der Waals surface area contributed by atoms with Gasteiger partial charge in [-0.1, -0.05) is 26.0 Å². The van der Waals surface area contributed by atoms with Crippen LogP contribution in [0.2, 0.25) is 0 Å². The van der Waals surface area contributed by atoms with Gasteiger partial charge in [-0.05, 0) is 77.6 Å². The van der Waals surface area contributed by atoms with Gasteiger partial charge in [0, 0.05) is 11.8 Å². The highest BCUT2D eigenvalue weighted by molar-refractivity contribution is 7.91. The van der Waals surface area contributed by atoms with Crippen LogP contribution in [0, 0.1) is 0 Å². The second kappa shape index (κ2) is 23.8. The minimum Gasteiger partial charge on any atom is -0.494 e. The molecule has 0 N–H and O–H groups in total. The molecule has 8 atom stereocenters. The van der Waals surface area contributed by atoms with Crippen molar-refractivity contribution in [3.05, 3.63) is 96.1 Å². The maximum Gasteiger partial charge on any atom is 0.167 e. The van der Waals surface area contributed by atoms with Gasteiger partial charge in [0.15, 0.2) is 54.5 Å². The van der Waals surface area contributed by atoms with Gasteiger partial charge in [0.1, 0.15) is 69.7 Å². The van der Waals surface area contributed by atoms with Crippen molar-refractivity contribution in [2.45, 2.75) is 125 Å². The lowest BCUT2D eigenvalue weighted by atomic mass is 10.1. The molecule has 0 saturated carbocycles. The van der Waals surface area contributed by atoms with E-state index in [1.54, 1.807) is 102 Å². The molecule has 22 nitrogen and oxygen atoms in total. The molecule has 1 unspecified atom stereocenters. The molecule has 6 heterocycles. The molecule has 2 fully saturated rings. The number of sulfone groups is 2. The van der Waals surface area contributed by atoms with E-state index in [1.165, 1.54) is 39.0 Å². The lowest BCUT2D eigenvalue weighted by Crippen LogP contribution is -2.27. The van der Waals surface area contributed by atoms with Gasteiger partial charge in [0.25, 0.3) is 0 Å². The van der Waals surface area contributed by atoms with E-state index in [9.17, 15) is 16.8 Å². The van der Waals surface area contributed by atoms with Crippen molar-refractivity contribution < 1.29 is 54.7 Å². The van der Waals surface area contributed by atoms with Crippen LogP contribution in [0.15, 0.2) is 61.2 Å². The molecule has 0 radical (unpaired) electrons. The molecule has 0 amide bonds. The Balaban J connectivity index is 0.000000216. The van der Waals surface area contributed by atoms with Gasteiger partial charge >= 0.3 is 0 Å². The molecule has 2 aliphatic rings. The Morgan fingerprint density at radius 3 is 1.11 bits per heavy atom. The minimum atomic E-state index is -3.72. The molecule has 8 rings (SSSR count). The maximum atomic E-state index is 13.7. The summed E-state index contributed by atoms with van der Waals surface area (Å²) in [6, 6.07) is 10.7. The SMILES string of the molecule is COc1cnc([C@@H](C)[C@H](C)S(=O)(=O)Cc2nnc(C3CC[C@@H](C)O3)n2-c2c(OC)cccc2OC)nc1.COc1cnc([C@@H](C)[C@H](C)S(=O)(=O)Cc2nnc([C@@H]3CC[C@H](C)O3)n2-c2c(OC)cccc2OC)nc1. The molecular formula is C50H66N10O12S2. The maximum absolute atomic E-state index is 13.7. The Hall–Kier alpha value is -6.50. The van der Waals surface area contributed by atoms with E-state index < -0.39 is 42.0 Å². The average molecular weight is 1060 g/mol. The number of ether oxygens (including phenoxy) is 8. The molecule has 2 aliphatic heterocycles. The summed E-state index contributed by atoms with van der Waals surface area (Å²) in [7, 11) is 1.78. The first-order valence-corrected chi connectivity index (χ1v) is 27.6. The first-order valence-electron chi connectivity index (χ1n) is 24.2. The summed E-state index contributed by atoms with van der Waals surface area (Å²) in [6.07, 6.45) is 8.77. The lowest BCUT2D eigenvalue weighted by molar-refractivity contribution is 0.0489.